The minimum atomic E-state index is -0.329. The minimum Gasteiger partial charge on any atom is -0.497 e. The second-order valence-corrected chi connectivity index (χ2v) is 6.79. The van der Waals surface area contributed by atoms with E-state index in [1.54, 1.807) is 62.8 Å². The first-order valence-corrected chi connectivity index (χ1v) is 9.13. The number of carbonyl (C=O) groups excluding carboxylic acids is 2. The Morgan fingerprint density at radius 2 is 1.62 bits per heavy atom. The predicted octanol–water partition coefficient (Wildman–Crippen LogP) is 3.74. The van der Waals surface area contributed by atoms with Gasteiger partial charge in [-0.3, -0.25) is 9.59 Å². The van der Waals surface area contributed by atoms with Crippen molar-refractivity contribution in [2.24, 2.45) is 0 Å². The number of anilines is 1. The van der Waals surface area contributed by atoms with Gasteiger partial charge in [0, 0.05) is 6.07 Å². The zero-order valence-corrected chi connectivity index (χ0v) is 15.6. The SMILES string of the molecule is CCSC1=C(c2ccc(OC)cc2)C(=O)N(c2cccc(OC)c2)C1=O. The lowest BCUT2D eigenvalue weighted by Gasteiger charge is -2.16. The van der Waals surface area contributed by atoms with Crippen LogP contribution in [0.3, 0.4) is 0 Å². The molecule has 0 saturated carbocycles. The second-order valence-electron chi connectivity index (χ2n) is 5.51. The number of ether oxygens (including phenoxy) is 2. The molecule has 0 N–H and O–H groups in total. The lowest BCUT2D eigenvalue weighted by molar-refractivity contribution is -0.119. The maximum atomic E-state index is 13.1. The summed E-state index contributed by atoms with van der Waals surface area (Å²) in [6.45, 7) is 1.95. The van der Waals surface area contributed by atoms with Crippen molar-refractivity contribution in [2.45, 2.75) is 6.92 Å². The average Bonchev–Trinajstić information content (AvgIpc) is 2.92. The van der Waals surface area contributed by atoms with Gasteiger partial charge in [-0.15, -0.1) is 11.8 Å². The summed E-state index contributed by atoms with van der Waals surface area (Å²) in [5.41, 5.74) is 1.62. The molecule has 0 fully saturated rings. The van der Waals surface area contributed by atoms with Gasteiger partial charge in [-0.2, -0.15) is 0 Å². The van der Waals surface area contributed by atoms with E-state index in [1.807, 2.05) is 6.92 Å². The molecule has 0 unspecified atom stereocenters. The molecule has 0 aliphatic carbocycles. The fourth-order valence-corrected chi connectivity index (χ4v) is 3.64. The van der Waals surface area contributed by atoms with Gasteiger partial charge in [-0.1, -0.05) is 25.1 Å². The molecule has 1 aliphatic rings. The normalized spacial score (nSPS) is 14.2. The Balaban J connectivity index is 2.05. The number of thioether (sulfide) groups is 1. The lowest BCUT2D eigenvalue weighted by Crippen LogP contribution is -2.31. The van der Waals surface area contributed by atoms with Crippen molar-refractivity contribution in [1.29, 1.82) is 0 Å². The van der Waals surface area contributed by atoms with Crippen LogP contribution < -0.4 is 14.4 Å². The maximum Gasteiger partial charge on any atom is 0.272 e. The summed E-state index contributed by atoms with van der Waals surface area (Å²) in [6.07, 6.45) is 0. The van der Waals surface area contributed by atoms with Gasteiger partial charge in [0.25, 0.3) is 11.8 Å². The third-order valence-electron chi connectivity index (χ3n) is 4.02. The topological polar surface area (TPSA) is 55.8 Å². The molecule has 2 aromatic rings. The van der Waals surface area contributed by atoms with Crippen molar-refractivity contribution >= 4 is 34.8 Å². The largest absolute Gasteiger partial charge is 0.497 e. The molecule has 134 valence electrons. The van der Waals surface area contributed by atoms with Crippen LogP contribution in [-0.4, -0.2) is 31.8 Å². The van der Waals surface area contributed by atoms with E-state index in [2.05, 4.69) is 0 Å². The third kappa shape index (κ3) is 3.20. The van der Waals surface area contributed by atoms with E-state index in [0.29, 0.717) is 39.0 Å². The molecule has 5 nitrogen and oxygen atoms in total. The van der Waals surface area contributed by atoms with Crippen LogP contribution in [0.4, 0.5) is 5.69 Å². The Morgan fingerprint density at radius 1 is 0.923 bits per heavy atom. The van der Waals surface area contributed by atoms with Crippen LogP contribution in [0.1, 0.15) is 12.5 Å². The van der Waals surface area contributed by atoms with Crippen LogP contribution in [0.2, 0.25) is 0 Å². The monoisotopic (exact) mass is 369 g/mol. The summed E-state index contributed by atoms with van der Waals surface area (Å²) in [5, 5.41) is 0. The smallest absolute Gasteiger partial charge is 0.272 e. The van der Waals surface area contributed by atoms with Gasteiger partial charge in [0.05, 0.1) is 30.4 Å². The van der Waals surface area contributed by atoms with E-state index < -0.39 is 0 Å². The number of amides is 2. The zero-order chi connectivity index (χ0) is 18.7. The van der Waals surface area contributed by atoms with E-state index in [4.69, 9.17) is 9.47 Å². The number of imide groups is 1. The van der Waals surface area contributed by atoms with Crippen molar-refractivity contribution in [3.05, 3.63) is 59.0 Å². The Kier molecular flexibility index (Phi) is 5.32. The highest BCUT2D eigenvalue weighted by Crippen LogP contribution is 2.39. The number of hydrogen-bond acceptors (Lipinski definition) is 5. The van der Waals surface area contributed by atoms with E-state index in [0.717, 1.165) is 0 Å². The third-order valence-corrected chi connectivity index (χ3v) is 4.98. The fraction of sp³-hybridized carbons (Fsp3) is 0.200. The summed E-state index contributed by atoms with van der Waals surface area (Å²) < 4.78 is 10.4. The molecule has 2 amide bonds. The summed E-state index contributed by atoms with van der Waals surface area (Å²) in [7, 11) is 3.13. The van der Waals surface area contributed by atoms with Crippen LogP contribution in [0.5, 0.6) is 11.5 Å². The Labute approximate surface area is 156 Å². The van der Waals surface area contributed by atoms with Gasteiger partial charge in [0.2, 0.25) is 0 Å². The van der Waals surface area contributed by atoms with Gasteiger partial charge in [-0.05, 0) is 35.6 Å². The first-order valence-electron chi connectivity index (χ1n) is 8.15. The van der Waals surface area contributed by atoms with E-state index in [-0.39, 0.29) is 11.8 Å². The molecule has 0 atom stereocenters. The van der Waals surface area contributed by atoms with Crippen LogP contribution in [0.15, 0.2) is 53.4 Å². The Morgan fingerprint density at radius 3 is 2.23 bits per heavy atom. The minimum absolute atomic E-state index is 0.305. The van der Waals surface area contributed by atoms with E-state index in [9.17, 15) is 9.59 Å². The summed E-state index contributed by atoms with van der Waals surface area (Å²) in [4.78, 5) is 27.8. The van der Waals surface area contributed by atoms with Gasteiger partial charge in [-0.25, -0.2) is 4.90 Å². The molecule has 1 heterocycles. The molecule has 0 bridgehead atoms. The number of benzene rings is 2. The molecule has 0 saturated heterocycles. The fourth-order valence-electron chi connectivity index (χ4n) is 2.78. The lowest BCUT2D eigenvalue weighted by atomic mass is 10.1. The summed E-state index contributed by atoms with van der Waals surface area (Å²) in [6, 6.07) is 14.1. The number of methoxy groups -OCH3 is 2. The van der Waals surface area contributed by atoms with Gasteiger partial charge >= 0.3 is 0 Å². The van der Waals surface area contributed by atoms with E-state index in [1.165, 1.54) is 16.7 Å². The summed E-state index contributed by atoms with van der Waals surface area (Å²) >= 11 is 1.38. The molecule has 0 aromatic heterocycles. The highest BCUT2D eigenvalue weighted by Gasteiger charge is 2.40. The average molecular weight is 369 g/mol. The van der Waals surface area contributed by atoms with Crippen molar-refractivity contribution in [2.75, 3.05) is 24.9 Å². The van der Waals surface area contributed by atoms with Crippen LogP contribution in [0.25, 0.3) is 5.57 Å². The number of carbonyl (C=O) groups is 2. The highest BCUT2D eigenvalue weighted by molar-refractivity contribution is 8.04. The standard InChI is InChI=1S/C20H19NO4S/c1-4-26-18-17(13-8-10-15(24-2)11-9-13)19(22)21(20(18)23)14-6-5-7-16(12-14)25-3/h5-12H,4H2,1-3H3. The molecule has 3 rings (SSSR count). The Hall–Kier alpha value is -2.73. The molecule has 2 aromatic carbocycles. The van der Waals surface area contributed by atoms with Gasteiger partial charge < -0.3 is 9.47 Å². The molecule has 1 aliphatic heterocycles. The van der Waals surface area contributed by atoms with Crippen molar-refractivity contribution in [3.63, 3.8) is 0 Å². The second kappa shape index (κ2) is 7.66. The molecular weight excluding hydrogens is 350 g/mol. The van der Waals surface area contributed by atoms with Crippen molar-refractivity contribution in [1.82, 2.24) is 0 Å². The molecule has 0 radical (unpaired) electrons. The number of rotatable bonds is 6. The molecule has 26 heavy (non-hydrogen) atoms. The summed E-state index contributed by atoms with van der Waals surface area (Å²) in [5.74, 6) is 1.34. The molecule has 0 spiro atoms. The maximum absolute atomic E-state index is 13.1. The highest BCUT2D eigenvalue weighted by atomic mass is 32.2. The van der Waals surface area contributed by atoms with Gasteiger partial charge in [0.15, 0.2) is 0 Å². The molecular formula is C20H19NO4S. The predicted molar refractivity (Wildman–Crippen MR) is 104 cm³/mol. The number of hydrogen-bond donors (Lipinski definition) is 0. The van der Waals surface area contributed by atoms with Crippen LogP contribution >= 0.6 is 11.8 Å². The number of nitrogens with zero attached hydrogens (tertiary/aromatic N) is 1. The van der Waals surface area contributed by atoms with Crippen LogP contribution in [0, 0.1) is 0 Å². The van der Waals surface area contributed by atoms with Crippen molar-refractivity contribution in [3.8, 4) is 11.5 Å². The molecule has 6 heteroatoms. The van der Waals surface area contributed by atoms with Crippen LogP contribution in [-0.2, 0) is 9.59 Å². The van der Waals surface area contributed by atoms with E-state index >= 15 is 0 Å². The van der Waals surface area contributed by atoms with Crippen molar-refractivity contribution < 1.29 is 19.1 Å². The zero-order valence-electron chi connectivity index (χ0n) is 14.8. The Bertz CT molecular complexity index is 874. The first kappa shape index (κ1) is 18.1. The first-order chi connectivity index (χ1) is 12.6. The quantitative estimate of drug-likeness (QED) is 0.726. The van der Waals surface area contributed by atoms with Gasteiger partial charge in [0.1, 0.15) is 11.5 Å².